The van der Waals surface area contributed by atoms with Gasteiger partial charge in [-0.25, -0.2) is 0 Å². The molecular weight excluding hydrogens is 268 g/mol. The molecule has 0 bridgehead atoms. The maximum atomic E-state index is 6.20. The first-order chi connectivity index (χ1) is 9.47. The molecule has 0 unspecified atom stereocenters. The summed E-state index contributed by atoms with van der Waals surface area (Å²) in [5.74, 6) is 0. The minimum Gasteiger partial charge on any atom is -0.373 e. The van der Waals surface area contributed by atoms with Crippen LogP contribution in [-0.4, -0.2) is 13.6 Å². The number of nitrogens with zero attached hydrogens (tertiary/aromatic N) is 1. The highest BCUT2D eigenvalue weighted by Gasteiger charge is 2.33. The average molecular weight is 287 g/mol. The smallest absolute Gasteiger partial charge is 0.0640 e. The standard InChI is InChI=1S/C17H19ClN2/c1-17(2)11-20(3)16-9-8-12(10-13(16)17)19-15-7-5-4-6-14(15)18/h4-10,19H,11H2,1-3H3. The number of rotatable bonds is 2. The van der Waals surface area contributed by atoms with Crippen molar-refractivity contribution in [2.75, 3.05) is 23.8 Å². The van der Waals surface area contributed by atoms with Crippen LogP contribution in [-0.2, 0) is 5.41 Å². The van der Waals surface area contributed by atoms with Crippen LogP contribution in [0.3, 0.4) is 0 Å². The van der Waals surface area contributed by atoms with Crippen LogP contribution in [0.2, 0.25) is 5.02 Å². The maximum Gasteiger partial charge on any atom is 0.0640 e. The van der Waals surface area contributed by atoms with Crippen molar-refractivity contribution in [3.8, 4) is 0 Å². The second-order valence-electron chi connectivity index (χ2n) is 6.08. The molecule has 1 heterocycles. The second kappa shape index (κ2) is 4.71. The molecular formula is C17H19ClN2. The van der Waals surface area contributed by atoms with Gasteiger partial charge in [-0.2, -0.15) is 0 Å². The minimum absolute atomic E-state index is 0.183. The Morgan fingerprint density at radius 2 is 1.90 bits per heavy atom. The van der Waals surface area contributed by atoms with E-state index in [4.69, 9.17) is 11.6 Å². The molecule has 3 heteroatoms. The predicted octanol–water partition coefficient (Wildman–Crippen LogP) is 4.81. The Kier molecular flexibility index (Phi) is 3.14. The summed E-state index contributed by atoms with van der Waals surface area (Å²) in [6, 6.07) is 14.3. The maximum absolute atomic E-state index is 6.20. The number of nitrogens with one attached hydrogen (secondary N) is 1. The van der Waals surface area contributed by atoms with Crippen LogP contribution in [0.5, 0.6) is 0 Å². The van der Waals surface area contributed by atoms with Crippen molar-refractivity contribution in [2.45, 2.75) is 19.3 Å². The summed E-state index contributed by atoms with van der Waals surface area (Å²) in [5, 5.41) is 4.14. The Balaban J connectivity index is 1.96. The molecule has 0 amide bonds. The van der Waals surface area contributed by atoms with Gasteiger partial charge in [0.2, 0.25) is 0 Å². The molecule has 2 aromatic carbocycles. The molecule has 0 fully saturated rings. The van der Waals surface area contributed by atoms with Gasteiger partial charge in [-0.15, -0.1) is 0 Å². The van der Waals surface area contributed by atoms with Crippen LogP contribution in [0.15, 0.2) is 42.5 Å². The summed E-state index contributed by atoms with van der Waals surface area (Å²) in [6.07, 6.45) is 0. The molecule has 0 radical (unpaired) electrons. The molecule has 0 aliphatic carbocycles. The Bertz CT molecular complexity index is 649. The highest BCUT2D eigenvalue weighted by molar-refractivity contribution is 6.33. The van der Waals surface area contributed by atoms with Crippen molar-refractivity contribution >= 4 is 28.7 Å². The van der Waals surface area contributed by atoms with Crippen LogP contribution < -0.4 is 10.2 Å². The molecule has 1 aliphatic rings. The van der Waals surface area contributed by atoms with Crippen molar-refractivity contribution in [3.63, 3.8) is 0 Å². The normalized spacial score (nSPS) is 16.1. The van der Waals surface area contributed by atoms with E-state index in [2.05, 4.69) is 49.3 Å². The van der Waals surface area contributed by atoms with Gasteiger partial charge in [0.1, 0.15) is 0 Å². The van der Waals surface area contributed by atoms with Gasteiger partial charge in [0.05, 0.1) is 10.7 Å². The molecule has 104 valence electrons. The van der Waals surface area contributed by atoms with Gasteiger partial charge in [-0.1, -0.05) is 37.6 Å². The third-order valence-corrected chi connectivity index (χ3v) is 4.25. The van der Waals surface area contributed by atoms with E-state index in [-0.39, 0.29) is 5.41 Å². The SMILES string of the molecule is CN1CC(C)(C)c2cc(Nc3ccccc3Cl)ccc21. The van der Waals surface area contributed by atoms with Crippen molar-refractivity contribution < 1.29 is 0 Å². The van der Waals surface area contributed by atoms with Crippen LogP contribution in [0.4, 0.5) is 17.1 Å². The number of likely N-dealkylation sites (N-methyl/N-ethyl adjacent to an activating group) is 1. The molecule has 1 aliphatic heterocycles. The second-order valence-corrected chi connectivity index (χ2v) is 6.48. The lowest BCUT2D eigenvalue weighted by molar-refractivity contribution is 0.563. The number of hydrogen-bond acceptors (Lipinski definition) is 2. The summed E-state index contributed by atoms with van der Waals surface area (Å²) in [6.45, 7) is 5.63. The Morgan fingerprint density at radius 3 is 2.65 bits per heavy atom. The molecule has 0 spiro atoms. The monoisotopic (exact) mass is 286 g/mol. The fourth-order valence-electron chi connectivity index (χ4n) is 2.97. The quantitative estimate of drug-likeness (QED) is 0.852. The van der Waals surface area contributed by atoms with Crippen molar-refractivity contribution in [1.82, 2.24) is 0 Å². The molecule has 3 rings (SSSR count). The lowest BCUT2D eigenvalue weighted by Crippen LogP contribution is -2.24. The molecule has 2 nitrogen and oxygen atoms in total. The fraction of sp³-hybridized carbons (Fsp3) is 0.294. The number of anilines is 3. The lowest BCUT2D eigenvalue weighted by Gasteiger charge is -2.19. The number of para-hydroxylation sites is 1. The van der Waals surface area contributed by atoms with Crippen LogP contribution >= 0.6 is 11.6 Å². The Hall–Kier alpha value is -1.67. The van der Waals surface area contributed by atoms with Crippen LogP contribution in [0, 0.1) is 0 Å². The third-order valence-electron chi connectivity index (χ3n) is 3.92. The highest BCUT2D eigenvalue weighted by atomic mass is 35.5. The van der Waals surface area contributed by atoms with E-state index < -0.39 is 0 Å². The number of halogens is 1. The molecule has 0 saturated carbocycles. The molecule has 0 atom stereocenters. The first-order valence-electron chi connectivity index (χ1n) is 6.84. The molecule has 0 saturated heterocycles. The van der Waals surface area contributed by atoms with E-state index in [1.54, 1.807) is 0 Å². The topological polar surface area (TPSA) is 15.3 Å². The van der Waals surface area contributed by atoms with Crippen LogP contribution in [0.1, 0.15) is 19.4 Å². The molecule has 2 aromatic rings. The zero-order chi connectivity index (χ0) is 14.3. The van der Waals surface area contributed by atoms with Crippen molar-refractivity contribution in [3.05, 3.63) is 53.1 Å². The summed E-state index contributed by atoms with van der Waals surface area (Å²) < 4.78 is 0. The largest absolute Gasteiger partial charge is 0.373 e. The van der Waals surface area contributed by atoms with E-state index in [0.717, 1.165) is 22.9 Å². The van der Waals surface area contributed by atoms with Gasteiger partial charge in [0.15, 0.2) is 0 Å². The molecule has 1 N–H and O–H groups in total. The van der Waals surface area contributed by atoms with E-state index in [1.807, 2.05) is 24.3 Å². The van der Waals surface area contributed by atoms with Crippen molar-refractivity contribution in [2.24, 2.45) is 0 Å². The van der Waals surface area contributed by atoms with E-state index in [0.29, 0.717) is 0 Å². The summed E-state index contributed by atoms with van der Waals surface area (Å²) >= 11 is 6.20. The van der Waals surface area contributed by atoms with Gasteiger partial charge >= 0.3 is 0 Å². The van der Waals surface area contributed by atoms with Crippen LogP contribution in [0.25, 0.3) is 0 Å². The number of fused-ring (bicyclic) bond motifs is 1. The fourth-order valence-corrected chi connectivity index (χ4v) is 3.15. The van der Waals surface area contributed by atoms with E-state index >= 15 is 0 Å². The zero-order valence-corrected chi connectivity index (χ0v) is 12.8. The van der Waals surface area contributed by atoms with Crippen molar-refractivity contribution in [1.29, 1.82) is 0 Å². The van der Waals surface area contributed by atoms with Gasteiger partial charge in [0.25, 0.3) is 0 Å². The zero-order valence-electron chi connectivity index (χ0n) is 12.1. The van der Waals surface area contributed by atoms with Gasteiger partial charge < -0.3 is 10.2 Å². The van der Waals surface area contributed by atoms with Gasteiger partial charge in [-0.05, 0) is 35.9 Å². The predicted molar refractivity (Wildman–Crippen MR) is 87.5 cm³/mol. The molecule has 20 heavy (non-hydrogen) atoms. The number of benzene rings is 2. The van der Waals surface area contributed by atoms with Gasteiger partial charge in [-0.3, -0.25) is 0 Å². The first kappa shape index (κ1) is 13.3. The first-order valence-corrected chi connectivity index (χ1v) is 7.22. The van der Waals surface area contributed by atoms with Gasteiger partial charge in [0, 0.05) is 30.4 Å². The average Bonchev–Trinajstić information content (AvgIpc) is 2.63. The number of hydrogen-bond donors (Lipinski definition) is 1. The van der Waals surface area contributed by atoms with E-state index in [1.165, 1.54) is 11.3 Å². The summed E-state index contributed by atoms with van der Waals surface area (Å²) in [5.41, 5.74) is 4.91. The molecule has 0 aromatic heterocycles. The lowest BCUT2D eigenvalue weighted by atomic mass is 9.87. The summed E-state index contributed by atoms with van der Waals surface area (Å²) in [4.78, 5) is 2.31. The summed E-state index contributed by atoms with van der Waals surface area (Å²) in [7, 11) is 2.15. The van der Waals surface area contributed by atoms with E-state index in [9.17, 15) is 0 Å². The third kappa shape index (κ3) is 2.25. The highest BCUT2D eigenvalue weighted by Crippen LogP contribution is 2.41. The Labute approximate surface area is 125 Å². The minimum atomic E-state index is 0.183. The Morgan fingerprint density at radius 1 is 1.15 bits per heavy atom.